The van der Waals surface area contributed by atoms with Gasteiger partial charge in [0.1, 0.15) is 0 Å². The minimum Gasteiger partial charge on any atom is -0.333 e. The van der Waals surface area contributed by atoms with E-state index in [0.29, 0.717) is 0 Å². The van der Waals surface area contributed by atoms with Gasteiger partial charge in [-0.05, 0) is 18.4 Å². The molecule has 114 valence electrons. The third-order valence-electron chi connectivity index (χ3n) is 4.56. The highest BCUT2D eigenvalue weighted by Crippen LogP contribution is 2.35. The quantitative estimate of drug-likeness (QED) is 0.834. The van der Waals surface area contributed by atoms with E-state index in [1.807, 2.05) is 26.8 Å². The van der Waals surface area contributed by atoms with E-state index in [1.165, 1.54) is 18.4 Å². The standard InChI is InChI=1S/C18H26N2O/c1-18(2,3)17(21)20-12-11-19(15-9-10-15)13-16(20)14-7-5-4-6-8-14/h4-8,15-16H,9-13H2,1-3H3. The molecule has 3 rings (SSSR count). The number of piperazine rings is 1. The molecule has 0 N–H and O–H groups in total. The Hall–Kier alpha value is -1.35. The lowest BCUT2D eigenvalue weighted by molar-refractivity contribution is -0.145. The van der Waals surface area contributed by atoms with Crippen molar-refractivity contribution in [1.29, 1.82) is 0 Å². The van der Waals surface area contributed by atoms with Crippen LogP contribution in [0.25, 0.3) is 0 Å². The van der Waals surface area contributed by atoms with Gasteiger partial charge in [-0.15, -0.1) is 0 Å². The number of amides is 1. The average molecular weight is 286 g/mol. The molecule has 1 saturated heterocycles. The van der Waals surface area contributed by atoms with Gasteiger partial charge in [0.15, 0.2) is 0 Å². The molecule has 0 bridgehead atoms. The summed E-state index contributed by atoms with van der Waals surface area (Å²) >= 11 is 0. The van der Waals surface area contributed by atoms with Gasteiger partial charge in [0.2, 0.25) is 5.91 Å². The summed E-state index contributed by atoms with van der Waals surface area (Å²) in [6.07, 6.45) is 2.66. The third-order valence-corrected chi connectivity index (χ3v) is 4.56. The fourth-order valence-electron chi connectivity index (χ4n) is 3.21. The molecule has 1 heterocycles. The van der Waals surface area contributed by atoms with Crippen molar-refractivity contribution in [1.82, 2.24) is 9.80 Å². The predicted molar refractivity (Wildman–Crippen MR) is 84.9 cm³/mol. The predicted octanol–water partition coefficient (Wildman–Crippen LogP) is 3.08. The summed E-state index contributed by atoms with van der Waals surface area (Å²) in [7, 11) is 0. The molecule has 2 fully saturated rings. The van der Waals surface area contributed by atoms with Crippen LogP contribution in [0.5, 0.6) is 0 Å². The summed E-state index contributed by atoms with van der Waals surface area (Å²) < 4.78 is 0. The summed E-state index contributed by atoms with van der Waals surface area (Å²) in [6.45, 7) is 8.92. The van der Waals surface area contributed by atoms with Crippen LogP contribution in [0.2, 0.25) is 0 Å². The fraction of sp³-hybridized carbons (Fsp3) is 0.611. The minimum absolute atomic E-state index is 0.201. The lowest BCUT2D eigenvalue weighted by atomic mass is 9.91. The van der Waals surface area contributed by atoms with Crippen molar-refractivity contribution >= 4 is 5.91 Å². The van der Waals surface area contributed by atoms with Crippen LogP contribution in [-0.4, -0.2) is 41.4 Å². The van der Waals surface area contributed by atoms with E-state index >= 15 is 0 Å². The number of hydrogen-bond donors (Lipinski definition) is 0. The molecular formula is C18H26N2O. The number of carbonyl (C=O) groups is 1. The van der Waals surface area contributed by atoms with Gasteiger partial charge in [0.25, 0.3) is 0 Å². The largest absolute Gasteiger partial charge is 0.333 e. The Morgan fingerprint density at radius 3 is 2.33 bits per heavy atom. The molecule has 3 nitrogen and oxygen atoms in total. The lowest BCUT2D eigenvalue weighted by Gasteiger charge is -2.44. The highest BCUT2D eigenvalue weighted by atomic mass is 16.2. The van der Waals surface area contributed by atoms with Gasteiger partial charge in [-0.25, -0.2) is 0 Å². The number of carbonyl (C=O) groups excluding carboxylic acids is 1. The van der Waals surface area contributed by atoms with E-state index < -0.39 is 0 Å². The molecule has 0 radical (unpaired) electrons. The van der Waals surface area contributed by atoms with E-state index in [9.17, 15) is 4.79 Å². The van der Waals surface area contributed by atoms with E-state index in [2.05, 4.69) is 34.1 Å². The molecule has 1 atom stereocenters. The Balaban J connectivity index is 1.85. The van der Waals surface area contributed by atoms with Crippen LogP contribution in [0.4, 0.5) is 0 Å². The maximum Gasteiger partial charge on any atom is 0.228 e. The van der Waals surface area contributed by atoms with Crippen LogP contribution in [0.3, 0.4) is 0 Å². The second-order valence-electron chi connectivity index (χ2n) is 7.40. The third kappa shape index (κ3) is 3.13. The molecule has 1 aromatic carbocycles. The molecule has 1 unspecified atom stereocenters. The Kier molecular flexibility index (Phi) is 3.78. The van der Waals surface area contributed by atoms with Crippen LogP contribution in [0.15, 0.2) is 30.3 Å². The van der Waals surface area contributed by atoms with Gasteiger partial charge in [0.05, 0.1) is 6.04 Å². The van der Waals surface area contributed by atoms with Crippen LogP contribution in [-0.2, 0) is 4.79 Å². The smallest absolute Gasteiger partial charge is 0.228 e. The Bertz CT molecular complexity index is 502. The maximum absolute atomic E-state index is 12.8. The zero-order valence-electron chi connectivity index (χ0n) is 13.4. The van der Waals surface area contributed by atoms with E-state index in [4.69, 9.17) is 0 Å². The number of nitrogens with zero attached hydrogens (tertiary/aromatic N) is 2. The SMILES string of the molecule is CC(C)(C)C(=O)N1CCN(C2CC2)CC1c1ccccc1. The van der Waals surface area contributed by atoms with Crippen molar-refractivity contribution in [3.8, 4) is 0 Å². The van der Waals surface area contributed by atoms with Crippen molar-refractivity contribution in [2.75, 3.05) is 19.6 Å². The molecule has 0 spiro atoms. The van der Waals surface area contributed by atoms with E-state index in [0.717, 1.165) is 25.7 Å². The first-order valence-corrected chi connectivity index (χ1v) is 8.07. The summed E-state index contributed by atoms with van der Waals surface area (Å²) in [5.41, 5.74) is 0.954. The fourth-order valence-corrected chi connectivity index (χ4v) is 3.21. The van der Waals surface area contributed by atoms with E-state index in [1.54, 1.807) is 0 Å². The molecule has 1 aromatic rings. The molecule has 1 aliphatic carbocycles. The molecule has 2 aliphatic rings. The van der Waals surface area contributed by atoms with E-state index in [-0.39, 0.29) is 17.4 Å². The number of hydrogen-bond acceptors (Lipinski definition) is 2. The zero-order valence-corrected chi connectivity index (χ0v) is 13.4. The molecule has 0 aromatic heterocycles. The Labute approximate surface area is 127 Å². The van der Waals surface area contributed by atoms with Crippen molar-refractivity contribution in [2.45, 2.75) is 45.7 Å². The van der Waals surface area contributed by atoms with Crippen LogP contribution in [0, 0.1) is 5.41 Å². The second-order valence-corrected chi connectivity index (χ2v) is 7.40. The van der Waals surface area contributed by atoms with Crippen molar-refractivity contribution < 1.29 is 4.79 Å². The molecular weight excluding hydrogens is 260 g/mol. The van der Waals surface area contributed by atoms with Gasteiger partial charge in [-0.3, -0.25) is 9.69 Å². The van der Waals surface area contributed by atoms with Crippen LogP contribution < -0.4 is 0 Å². The van der Waals surface area contributed by atoms with Crippen molar-refractivity contribution in [3.05, 3.63) is 35.9 Å². The highest BCUT2D eigenvalue weighted by Gasteiger charge is 2.40. The lowest BCUT2D eigenvalue weighted by Crippen LogP contribution is -2.53. The molecule has 1 aliphatic heterocycles. The first-order chi connectivity index (χ1) is 9.97. The van der Waals surface area contributed by atoms with Crippen molar-refractivity contribution in [3.63, 3.8) is 0 Å². The highest BCUT2D eigenvalue weighted by molar-refractivity contribution is 5.82. The summed E-state index contributed by atoms with van der Waals surface area (Å²) in [6, 6.07) is 11.5. The first kappa shape index (κ1) is 14.6. The second kappa shape index (κ2) is 5.45. The van der Waals surface area contributed by atoms with Gasteiger partial charge >= 0.3 is 0 Å². The monoisotopic (exact) mass is 286 g/mol. The Morgan fingerprint density at radius 1 is 1.10 bits per heavy atom. The summed E-state index contributed by atoms with van der Waals surface area (Å²) in [5.74, 6) is 0.270. The molecule has 1 amide bonds. The van der Waals surface area contributed by atoms with Gasteiger partial charge in [-0.1, -0.05) is 51.1 Å². The van der Waals surface area contributed by atoms with Gasteiger partial charge in [-0.2, -0.15) is 0 Å². The minimum atomic E-state index is -0.311. The topological polar surface area (TPSA) is 23.6 Å². The normalized spacial score (nSPS) is 24.1. The van der Waals surface area contributed by atoms with Crippen molar-refractivity contribution in [2.24, 2.45) is 5.41 Å². The molecule has 21 heavy (non-hydrogen) atoms. The van der Waals surface area contributed by atoms with Crippen LogP contribution in [0.1, 0.15) is 45.2 Å². The van der Waals surface area contributed by atoms with Crippen LogP contribution >= 0.6 is 0 Å². The first-order valence-electron chi connectivity index (χ1n) is 8.07. The Morgan fingerprint density at radius 2 is 1.76 bits per heavy atom. The number of rotatable bonds is 2. The number of benzene rings is 1. The van der Waals surface area contributed by atoms with Gasteiger partial charge in [0, 0.05) is 31.1 Å². The molecule has 3 heteroatoms. The average Bonchev–Trinajstić information content (AvgIpc) is 3.30. The maximum atomic E-state index is 12.8. The zero-order chi connectivity index (χ0) is 15.0. The summed E-state index contributed by atoms with van der Waals surface area (Å²) in [5, 5.41) is 0. The summed E-state index contributed by atoms with van der Waals surface area (Å²) in [4.78, 5) is 17.5. The molecule has 1 saturated carbocycles. The van der Waals surface area contributed by atoms with Gasteiger partial charge < -0.3 is 4.90 Å².